The van der Waals surface area contributed by atoms with E-state index >= 15 is 0 Å². The SMILES string of the molecule is N#CCN(C(=O)CSc1cc(C(=O)NC2CC2)c2ccccc2n1)c1ccccc1. The Bertz CT molecular complexity index is 1120. The zero-order valence-corrected chi connectivity index (χ0v) is 17.1. The zero-order valence-electron chi connectivity index (χ0n) is 16.2. The van der Waals surface area contributed by atoms with Crippen LogP contribution in [0.15, 0.2) is 65.7 Å². The molecule has 0 bridgehead atoms. The van der Waals surface area contributed by atoms with Crippen LogP contribution in [0.2, 0.25) is 0 Å². The number of nitrogens with zero attached hydrogens (tertiary/aromatic N) is 3. The van der Waals surface area contributed by atoms with Crippen LogP contribution in [0.25, 0.3) is 10.9 Å². The number of anilines is 1. The number of pyridine rings is 1. The van der Waals surface area contributed by atoms with E-state index in [4.69, 9.17) is 5.26 Å². The van der Waals surface area contributed by atoms with Gasteiger partial charge in [-0.2, -0.15) is 5.26 Å². The maximum atomic E-state index is 12.8. The molecule has 0 saturated heterocycles. The van der Waals surface area contributed by atoms with Gasteiger partial charge in [-0.1, -0.05) is 48.2 Å². The maximum Gasteiger partial charge on any atom is 0.252 e. The number of aromatic nitrogens is 1. The van der Waals surface area contributed by atoms with E-state index in [9.17, 15) is 9.59 Å². The van der Waals surface area contributed by atoms with E-state index in [1.54, 1.807) is 18.2 Å². The van der Waals surface area contributed by atoms with Crippen molar-refractivity contribution in [1.29, 1.82) is 5.26 Å². The molecule has 2 aromatic carbocycles. The third kappa shape index (κ3) is 4.61. The number of carbonyl (C=O) groups excluding carboxylic acids is 2. The molecule has 150 valence electrons. The molecule has 1 aromatic heterocycles. The number of nitrogens with one attached hydrogen (secondary N) is 1. The monoisotopic (exact) mass is 416 g/mol. The van der Waals surface area contributed by atoms with Crippen LogP contribution in [-0.4, -0.2) is 35.1 Å². The Morgan fingerprint density at radius 1 is 1.13 bits per heavy atom. The molecule has 3 aromatic rings. The van der Waals surface area contributed by atoms with Gasteiger partial charge in [0.1, 0.15) is 6.54 Å². The van der Waals surface area contributed by atoms with Gasteiger partial charge in [-0.25, -0.2) is 4.98 Å². The fourth-order valence-corrected chi connectivity index (χ4v) is 3.91. The average Bonchev–Trinajstić information content (AvgIpc) is 3.59. The number of para-hydroxylation sites is 2. The molecular weight excluding hydrogens is 396 g/mol. The molecule has 7 heteroatoms. The highest BCUT2D eigenvalue weighted by molar-refractivity contribution is 7.99. The molecule has 1 aliphatic rings. The standard InChI is InChI=1S/C23H20N4O2S/c24-12-13-27(17-6-2-1-3-7-17)22(28)15-30-21-14-19(23(29)25-16-10-11-16)18-8-4-5-9-20(18)26-21/h1-9,14,16H,10-11,13,15H2,(H,25,29). The fraction of sp³-hybridized carbons (Fsp3) is 0.217. The molecule has 0 spiro atoms. The Kier molecular flexibility index (Phi) is 5.96. The third-order valence-electron chi connectivity index (χ3n) is 4.79. The van der Waals surface area contributed by atoms with E-state index < -0.39 is 0 Å². The molecule has 1 fully saturated rings. The summed E-state index contributed by atoms with van der Waals surface area (Å²) < 4.78 is 0. The van der Waals surface area contributed by atoms with Gasteiger partial charge in [0, 0.05) is 17.1 Å². The highest BCUT2D eigenvalue weighted by Crippen LogP contribution is 2.26. The van der Waals surface area contributed by atoms with Crippen LogP contribution in [-0.2, 0) is 4.79 Å². The molecule has 1 saturated carbocycles. The summed E-state index contributed by atoms with van der Waals surface area (Å²) in [5.41, 5.74) is 1.97. The van der Waals surface area contributed by atoms with Crippen LogP contribution in [0.5, 0.6) is 0 Å². The van der Waals surface area contributed by atoms with Gasteiger partial charge in [0.05, 0.1) is 27.9 Å². The number of benzene rings is 2. The predicted octanol–water partition coefficient (Wildman–Crippen LogP) is 3.78. The summed E-state index contributed by atoms with van der Waals surface area (Å²) in [7, 11) is 0. The highest BCUT2D eigenvalue weighted by atomic mass is 32.2. The normalized spacial score (nSPS) is 12.9. The van der Waals surface area contributed by atoms with Crippen molar-refractivity contribution in [3.63, 3.8) is 0 Å². The number of thioether (sulfide) groups is 1. The number of hydrogen-bond acceptors (Lipinski definition) is 5. The summed E-state index contributed by atoms with van der Waals surface area (Å²) in [6.07, 6.45) is 2.03. The first kappa shape index (κ1) is 19.9. The second-order valence-corrected chi connectivity index (χ2v) is 8.03. The fourth-order valence-electron chi connectivity index (χ4n) is 3.12. The first-order valence-electron chi connectivity index (χ1n) is 9.71. The van der Waals surface area contributed by atoms with Crippen molar-refractivity contribution in [3.05, 3.63) is 66.2 Å². The minimum absolute atomic E-state index is 0.0242. The summed E-state index contributed by atoms with van der Waals surface area (Å²) >= 11 is 1.27. The van der Waals surface area contributed by atoms with Crippen molar-refractivity contribution < 1.29 is 9.59 Å². The van der Waals surface area contributed by atoms with Crippen LogP contribution < -0.4 is 10.2 Å². The third-order valence-corrected chi connectivity index (χ3v) is 5.69. The first-order chi connectivity index (χ1) is 14.7. The molecule has 1 N–H and O–H groups in total. The number of carbonyl (C=O) groups is 2. The Morgan fingerprint density at radius 2 is 1.87 bits per heavy atom. The lowest BCUT2D eigenvalue weighted by atomic mass is 10.1. The van der Waals surface area contributed by atoms with Crippen molar-refractivity contribution in [1.82, 2.24) is 10.3 Å². The Hall–Kier alpha value is -3.37. The molecule has 0 atom stereocenters. The summed E-state index contributed by atoms with van der Waals surface area (Å²) in [6, 6.07) is 20.7. The van der Waals surface area contributed by atoms with Gasteiger partial charge in [0.2, 0.25) is 5.91 Å². The molecule has 6 nitrogen and oxygen atoms in total. The minimum atomic E-state index is -0.188. The molecular formula is C23H20N4O2S. The number of nitriles is 1. The van der Waals surface area contributed by atoms with Crippen LogP contribution in [0.4, 0.5) is 5.69 Å². The van der Waals surface area contributed by atoms with Crippen molar-refractivity contribution >= 4 is 40.2 Å². The zero-order chi connectivity index (χ0) is 20.9. The first-order valence-corrected chi connectivity index (χ1v) is 10.7. The second kappa shape index (κ2) is 8.97. The second-order valence-electron chi connectivity index (χ2n) is 7.04. The van der Waals surface area contributed by atoms with Crippen LogP contribution in [0.3, 0.4) is 0 Å². The molecule has 2 amide bonds. The van der Waals surface area contributed by atoms with Gasteiger partial charge in [-0.15, -0.1) is 0 Å². The van der Waals surface area contributed by atoms with Gasteiger partial charge < -0.3 is 5.32 Å². The Morgan fingerprint density at radius 3 is 2.60 bits per heavy atom. The van der Waals surface area contributed by atoms with Crippen LogP contribution >= 0.6 is 11.8 Å². The number of amides is 2. The van der Waals surface area contributed by atoms with E-state index in [0.717, 1.165) is 18.2 Å². The lowest BCUT2D eigenvalue weighted by Crippen LogP contribution is -2.32. The summed E-state index contributed by atoms with van der Waals surface area (Å²) in [5, 5.41) is 13.5. The Labute approximate surface area is 178 Å². The van der Waals surface area contributed by atoms with Crippen molar-refractivity contribution in [2.75, 3.05) is 17.2 Å². The molecule has 4 rings (SSSR count). The molecule has 1 aliphatic carbocycles. The predicted molar refractivity (Wildman–Crippen MR) is 117 cm³/mol. The van der Waals surface area contributed by atoms with Gasteiger partial charge in [0.25, 0.3) is 5.91 Å². The van der Waals surface area contributed by atoms with Crippen molar-refractivity contribution in [2.45, 2.75) is 23.9 Å². The summed E-state index contributed by atoms with van der Waals surface area (Å²) in [6.45, 7) is -0.0242. The quantitative estimate of drug-likeness (QED) is 0.468. The maximum absolute atomic E-state index is 12.8. The molecule has 0 unspecified atom stereocenters. The van der Waals surface area contributed by atoms with Gasteiger partial charge in [0.15, 0.2) is 0 Å². The van der Waals surface area contributed by atoms with Gasteiger partial charge in [-0.05, 0) is 37.1 Å². The van der Waals surface area contributed by atoms with Crippen LogP contribution in [0.1, 0.15) is 23.2 Å². The van der Waals surface area contributed by atoms with Crippen molar-refractivity contribution in [2.24, 2.45) is 0 Å². The topological polar surface area (TPSA) is 86.1 Å². The number of rotatable bonds is 7. The number of hydrogen-bond donors (Lipinski definition) is 1. The van der Waals surface area contributed by atoms with E-state index in [1.165, 1.54) is 16.7 Å². The Balaban J connectivity index is 1.55. The van der Waals surface area contributed by atoms with E-state index in [-0.39, 0.29) is 30.2 Å². The van der Waals surface area contributed by atoms with Crippen LogP contribution in [0, 0.1) is 11.3 Å². The summed E-state index contributed by atoms with van der Waals surface area (Å²) in [5.74, 6) is -0.183. The average molecular weight is 417 g/mol. The largest absolute Gasteiger partial charge is 0.349 e. The lowest BCUT2D eigenvalue weighted by Gasteiger charge is -2.19. The molecule has 0 aliphatic heterocycles. The minimum Gasteiger partial charge on any atom is -0.349 e. The molecule has 1 heterocycles. The molecule has 0 radical (unpaired) electrons. The lowest BCUT2D eigenvalue weighted by molar-refractivity contribution is -0.116. The van der Waals surface area contributed by atoms with E-state index in [2.05, 4.69) is 10.3 Å². The van der Waals surface area contributed by atoms with Crippen molar-refractivity contribution in [3.8, 4) is 6.07 Å². The van der Waals surface area contributed by atoms with E-state index in [0.29, 0.717) is 21.8 Å². The van der Waals surface area contributed by atoms with Gasteiger partial charge in [-0.3, -0.25) is 14.5 Å². The number of fused-ring (bicyclic) bond motifs is 1. The smallest absolute Gasteiger partial charge is 0.252 e. The van der Waals surface area contributed by atoms with E-state index in [1.807, 2.05) is 48.5 Å². The molecule has 30 heavy (non-hydrogen) atoms. The highest BCUT2D eigenvalue weighted by Gasteiger charge is 2.25. The van der Waals surface area contributed by atoms with Gasteiger partial charge >= 0.3 is 0 Å². The summed E-state index contributed by atoms with van der Waals surface area (Å²) in [4.78, 5) is 31.6.